The average Bonchev–Trinajstić information content (AvgIpc) is 2.92. The van der Waals surface area contributed by atoms with Crippen molar-refractivity contribution in [1.29, 1.82) is 0 Å². The van der Waals surface area contributed by atoms with Crippen LogP contribution in [0.15, 0.2) is 48.2 Å². The van der Waals surface area contributed by atoms with Gasteiger partial charge < -0.3 is 10.1 Å². The third-order valence-corrected chi connectivity index (χ3v) is 5.05. The molecule has 1 heterocycles. The Morgan fingerprint density at radius 2 is 1.70 bits per heavy atom. The van der Waals surface area contributed by atoms with E-state index in [1.807, 2.05) is 45.9 Å². The normalized spacial score (nSPS) is 14.3. The molecule has 5 nitrogen and oxygen atoms in total. The number of anilines is 1. The molecule has 0 fully saturated rings. The van der Waals surface area contributed by atoms with Gasteiger partial charge in [0.2, 0.25) is 0 Å². The molecule has 0 aliphatic carbocycles. The first-order valence-corrected chi connectivity index (χ1v) is 10.1. The third kappa shape index (κ3) is 4.76. The quantitative estimate of drug-likeness (QED) is 0.516. The molecule has 0 saturated carbocycles. The molecule has 3 rings (SSSR count). The summed E-state index contributed by atoms with van der Waals surface area (Å²) in [6, 6.07) is 11.4. The Balaban J connectivity index is 1.91. The van der Waals surface area contributed by atoms with Crippen molar-refractivity contribution in [3.63, 3.8) is 0 Å². The molecule has 2 amide bonds. The van der Waals surface area contributed by atoms with Gasteiger partial charge >= 0.3 is 0 Å². The van der Waals surface area contributed by atoms with Gasteiger partial charge in [-0.1, -0.05) is 18.2 Å². The number of nitrogens with one attached hydrogen (secondary N) is 1. The summed E-state index contributed by atoms with van der Waals surface area (Å²) >= 11 is 0. The highest BCUT2D eigenvalue weighted by molar-refractivity contribution is 6.36. The topological polar surface area (TPSA) is 58.6 Å². The Labute approximate surface area is 176 Å². The van der Waals surface area contributed by atoms with Crippen LogP contribution in [0.25, 0.3) is 5.57 Å². The molecule has 2 aromatic carbocycles. The standard InChI is InChI=1S/C24H27FN2O3/c1-15(2)30-13-5-12-27-23(28)21(18-7-9-19(25)10-8-18)22(24(27)29)26-20-11-6-16(3)17(4)14-20/h6-11,14-15,26H,5,12-13H2,1-4H3. The lowest BCUT2D eigenvalue weighted by Gasteiger charge is -2.16. The summed E-state index contributed by atoms with van der Waals surface area (Å²) in [5.41, 5.74) is 3.89. The zero-order chi connectivity index (χ0) is 21.8. The number of carbonyl (C=O) groups is 2. The minimum Gasteiger partial charge on any atom is -0.379 e. The number of ether oxygens (including phenoxy) is 1. The highest BCUT2D eigenvalue weighted by Crippen LogP contribution is 2.31. The first-order valence-electron chi connectivity index (χ1n) is 10.1. The van der Waals surface area contributed by atoms with Crippen LogP contribution in [0.5, 0.6) is 0 Å². The number of halogens is 1. The molecule has 6 heteroatoms. The first kappa shape index (κ1) is 21.7. The fourth-order valence-electron chi connectivity index (χ4n) is 3.28. The summed E-state index contributed by atoms with van der Waals surface area (Å²) < 4.78 is 18.9. The molecular formula is C24H27FN2O3. The van der Waals surface area contributed by atoms with Crippen LogP contribution in [0.3, 0.4) is 0 Å². The SMILES string of the molecule is Cc1ccc(NC2=C(c3ccc(F)cc3)C(=O)N(CCCOC(C)C)C2=O)cc1C. The molecule has 0 bridgehead atoms. The number of imide groups is 1. The van der Waals surface area contributed by atoms with E-state index < -0.39 is 5.82 Å². The minimum absolute atomic E-state index is 0.0879. The van der Waals surface area contributed by atoms with E-state index in [9.17, 15) is 14.0 Å². The van der Waals surface area contributed by atoms with Gasteiger partial charge in [-0.05, 0) is 75.1 Å². The monoisotopic (exact) mass is 410 g/mol. The maximum absolute atomic E-state index is 13.4. The number of carbonyl (C=O) groups excluding carboxylic acids is 2. The van der Waals surface area contributed by atoms with Crippen molar-refractivity contribution < 1.29 is 18.7 Å². The fourth-order valence-corrected chi connectivity index (χ4v) is 3.28. The van der Waals surface area contributed by atoms with Crippen LogP contribution < -0.4 is 5.32 Å². The van der Waals surface area contributed by atoms with Crippen LogP contribution in [0.2, 0.25) is 0 Å². The van der Waals surface area contributed by atoms with Gasteiger partial charge in [-0.2, -0.15) is 0 Å². The van der Waals surface area contributed by atoms with Gasteiger partial charge in [0.15, 0.2) is 0 Å². The second-order valence-corrected chi connectivity index (χ2v) is 7.72. The van der Waals surface area contributed by atoms with Crippen molar-refractivity contribution in [2.75, 3.05) is 18.5 Å². The zero-order valence-electron chi connectivity index (χ0n) is 17.8. The molecule has 1 N–H and O–H groups in total. The van der Waals surface area contributed by atoms with Crippen LogP contribution >= 0.6 is 0 Å². The number of nitrogens with zero attached hydrogens (tertiary/aromatic N) is 1. The second-order valence-electron chi connectivity index (χ2n) is 7.72. The number of benzene rings is 2. The predicted molar refractivity (Wildman–Crippen MR) is 115 cm³/mol. The van der Waals surface area contributed by atoms with Crippen LogP contribution in [-0.2, 0) is 14.3 Å². The number of hydrogen-bond acceptors (Lipinski definition) is 4. The van der Waals surface area contributed by atoms with Crippen LogP contribution in [0, 0.1) is 19.7 Å². The summed E-state index contributed by atoms with van der Waals surface area (Å²) in [6.07, 6.45) is 0.633. The average molecular weight is 410 g/mol. The van der Waals surface area contributed by atoms with Gasteiger partial charge in [-0.25, -0.2) is 4.39 Å². The first-order chi connectivity index (χ1) is 14.3. The number of amides is 2. The van der Waals surface area contributed by atoms with Crippen LogP contribution in [0.4, 0.5) is 10.1 Å². The van der Waals surface area contributed by atoms with E-state index in [0.717, 1.165) is 16.8 Å². The molecular weight excluding hydrogens is 383 g/mol. The van der Waals surface area contributed by atoms with E-state index in [-0.39, 0.29) is 35.7 Å². The molecule has 1 aliphatic heterocycles. The van der Waals surface area contributed by atoms with Crippen LogP contribution in [0.1, 0.15) is 37.0 Å². The van der Waals surface area contributed by atoms with E-state index in [0.29, 0.717) is 18.6 Å². The van der Waals surface area contributed by atoms with E-state index in [1.165, 1.54) is 29.2 Å². The molecule has 0 unspecified atom stereocenters. The van der Waals surface area contributed by atoms with Crippen molar-refractivity contribution in [3.8, 4) is 0 Å². The molecule has 0 radical (unpaired) electrons. The van der Waals surface area contributed by atoms with Gasteiger partial charge in [-0.15, -0.1) is 0 Å². The number of hydrogen-bond donors (Lipinski definition) is 1. The maximum Gasteiger partial charge on any atom is 0.278 e. The third-order valence-electron chi connectivity index (χ3n) is 5.05. The highest BCUT2D eigenvalue weighted by Gasteiger charge is 2.38. The number of aryl methyl sites for hydroxylation is 2. The lowest BCUT2D eigenvalue weighted by Crippen LogP contribution is -2.34. The predicted octanol–water partition coefficient (Wildman–Crippen LogP) is 4.45. The summed E-state index contributed by atoms with van der Waals surface area (Å²) in [7, 11) is 0. The Bertz CT molecular complexity index is 980. The molecule has 0 saturated heterocycles. The van der Waals surface area contributed by atoms with Gasteiger partial charge in [0.05, 0.1) is 11.7 Å². The van der Waals surface area contributed by atoms with Crippen LogP contribution in [-0.4, -0.2) is 36.0 Å². The summed E-state index contributed by atoms with van der Waals surface area (Å²) in [4.78, 5) is 27.5. The Kier molecular flexibility index (Phi) is 6.67. The molecule has 2 aromatic rings. The van der Waals surface area contributed by atoms with E-state index >= 15 is 0 Å². The lowest BCUT2D eigenvalue weighted by atomic mass is 10.0. The van der Waals surface area contributed by atoms with Crippen molar-refractivity contribution in [2.24, 2.45) is 0 Å². The molecule has 0 atom stereocenters. The highest BCUT2D eigenvalue weighted by atomic mass is 19.1. The van der Waals surface area contributed by atoms with E-state index in [1.54, 1.807) is 0 Å². The molecule has 0 aromatic heterocycles. The molecule has 158 valence electrons. The maximum atomic E-state index is 13.4. The zero-order valence-corrected chi connectivity index (χ0v) is 17.8. The lowest BCUT2D eigenvalue weighted by molar-refractivity contribution is -0.137. The molecule has 0 spiro atoms. The largest absolute Gasteiger partial charge is 0.379 e. The number of rotatable bonds is 8. The Morgan fingerprint density at radius 3 is 2.33 bits per heavy atom. The van der Waals surface area contributed by atoms with Crippen molar-refractivity contribution in [2.45, 2.75) is 40.2 Å². The minimum atomic E-state index is -0.400. The van der Waals surface area contributed by atoms with E-state index in [4.69, 9.17) is 4.74 Å². The van der Waals surface area contributed by atoms with E-state index in [2.05, 4.69) is 5.32 Å². The smallest absolute Gasteiger partial charge is 0.278 e. The molecule has 1 aliphatic rings. The van der Waals surface area contributed by atoms with Crippen molar-refractivity contribution >= 4 is 23.1 Å². The molecule has 30 heavy (non-hydrogen) atoms. The van der Waals surface area contributed by atoms with Crippen molar-refractivity contribution in [3.05, 3.63) is 70.7 Å². The Hall–Kier alpha value is -2.99. The summed E-state index contributed by atoms with van der Waals surface area (Å²) in [6.45, 7) is 8.58. The summed E-state index contributed by atoms with van der Waals surface area (Å²) in [5.74, 6) is -1.17. The van der Waals surface area contributed by atoms with Crippen molar-refractivity contribution in [1.82, 2.24) is 4.90 Å². The van der Waals surface area contributed by atoms with Gasteiger partial charge in [-0.3, -0.25) is 14.5 Å². The fraction of sp³-hybridized carbons (Fsp3) is 0.333. The Morgan fingerprint density at radius 1 is 1.00 bits per heavy atom. The van der Waals surface area contributed by atoms with Gasteiger partial charge in [0.25, 0.3) is 11.8 Å². The van der Waals surface area contributed by atoms with Gasteiger partial charge in [0.1, 0.15) is 11.5 Å². The van der Waals surface area contributed by atoms with Gasteiger partial charge in [0, 0.05) is 18.8 Å². The second kappa shape index (κ2) is 9.22. The summed E-state index contributed by atoms with van der Waals surface area (Å²) in [5, 5.41) is 3.13.